The van der Waals surface area contributed by atoms with E-state index in [1.54, 1.807) is 18.2 Å². The molecule has 2 atom stereocenters. The van der Waals surface area contributed by atoms with Crippen LogP contribution in [0.2, 0.25) is 0 Å². The number of nitro groups is 1. The predicted molar refractivity (Wildman–Crippen MR) is 99.0 cm³/mol. The number of nitrogens with one attached hydrogen (secondary N) is 1. The van der Waals surface area contributed by atoms with Crippen LogP contribution in [0, 0.1) is 16.0 Å². The summed E-state index contributed by atoms with van der Waals surface area (Å²) in [4.78, 5) is 14.7. The minimum atomic E-state index is -0.678. The van der Waals surface area contributed by atoms with Crippen molar-refractivity contribution in [3.63, 3.8) is 0 Å². The number of hydrogen-bond acceptors (Lipinski definition) is 8. The number of aliphatic hydroxyl groups is 1. The molecule has 0 radical (unpaired) electrons. The van der Waals surface area contributed by atoms with Crippen molar-refractivity contribution in [3.8, 4) is 11.4 Å². The van der Waals surface area contributed by atoms with Crippen molar-refractivity contribution in [2.75, 3.05) is 19.8 Å². The molecule has 0 fully saturated rings. The summed E-state index contributed by atoms with van der Waals surface area (Å²) >= 11 is 0. The zero-order chi connectivity index (χ0) is 19.8. The van der Waals surface area contributed by atoms with E-state index in [1.165, 1.54) is 12.1 Å². The Labute approximate surface area is 157 Å². The summed E-state index contributed by atoms with van der Waals surface area (Å²) in [6.07, 6.45) is 0.943. The topological polar surface area (TPSA) is 124 Å². The Hall–Kier alpha value is -2.62. The molecule has 0 saturated carbocycles. The lowest BCUT2D eigenvalue weighted by molar-refractivity contribution is -0.384. The molecule has 0 spiro atoms. The lowest BCUT2D eigenvalue weighted by atomic mass is 10.0. The maximum atomic E-state index is 10.7. The highest BCUT2D eigenvalue weighted by Gasteiger charge is 2.23. The minimum Gasteiger partial charge on any atom is -0.389 e. The number of rotatable bonds is 11. The number of ether oxygens (including phenoxy) is 1. The minimum absolute atomic E-state index is 0.00291. The molecule has 2 unspecified atom stereocenters. The van der Waals surface area contributed by atoms with E-state index in [-0.39, 0.29) is 24.3 Å². The standard InChI is InChI=1S/C18H24N4O5/c1-4-9-26-11-15(23)10-19-16(12(2)3)18-20-17(21-27-18)13-5-7-14(8-6-13)22(24)25/h4-8,12,15-16,19,23H,1,9-11H2,2-3H3. The molecule has 1 aromatic carbocycles. The molecule has 1 heterocycles. The first-order valence-electron chi connectivity index (χ1n) is 8.61. The smallest absolute Gasteiger partial charge is 0.269 e. The largest absolute Gasteiger partial charge is 0.389 e. The van der Waals surface area contributed by atoms with E-state index in [4.69, 9.17) is 9.26 Å². The van der Waals surface area contributed by atoms with Gasteiger partial charge < -0.3 is 19.7 Å². The highest BCUT2D eigenvalue weighted by atomic mass is 16.6. The molecule has 9 heteroatoms. The number of benzene rings is 1. The summed E-state index contributed by atoms with van der Waals surface area (Å²) in [5.41, 5.74) is 0.618. The lowest BCUT2D eigenvalue weighted by Gasteiger charge is -2.20. The number of aromatic nitrogens is 2. The first-order chi connectivity index (χ1) is 12.9. The molecule has 2 N–H and O–H groups in total. The van der Waals surface area contributed by atoms with Crippen LogP contribution in [0.1, 0.15) is 25.8 Å². The summed E-state index contributed by atoms with van der Waals surface area (Å²) in [6, 6.07) is 5.68. The quantitative estimate of drug-likeness (QED) is 0.265. The van der Waals surface area contributed by atoms with Crippen molar-refractivity contribution in [1.29, 1.82) is 0 Å². The van der Waals surface area contributed by atoms with E-state index in [9.17, 15) is 15.2 Å². The number of non-ortho nitro benzene ring substituents is 1. The second-order valence-electron chi connectivity index (χ2n) is 6.37. The second-order valence-corrected chi connectivity index (χ2v) is 6.37. The van der Waals surface area contributed by atoms with Gasteiger partial charge >= 0.3 is 0 Å². The Balaban J connectivity index is 2.03. The highest BCUT2D eigenvalue weighted by molar-refractivity contribution is 5.56. The molecule has 0 aliphatic rings. The van der Waals surface area contributed by atoms with E-state index in [2.05, 4.69) is 22.0 Å². The molecule has 9 nitrogen and oxygen atoms in total. The zero-order valence-electron chi connectivity index (χ0n) is 15.4. The van der Waals surface area contributed by atoms with Gasteiger partial charge in [-0.2, -0.15) is 4.98 Å². The average molecular weight is 376 g/mol. The number of nitrogens with zero attached hydrogens (tertiary/aromatic N) is 3. The van der Waals surface area contributed by atoms with Crippen LogP contribution in [0.5, 0.6) is 0 Å². The van der Waals surface area contributed by atoms with E-state index < -0.39 is 11.0 Å². The maximum Gasteiger partial charge on any atom is 0.269 e. The molecular formula is C18H24N4O5. The molecular weight excluding hydrogens is 352 g/mol. The van der Waals surface area contributed by atoms with Gasteiger partial charge in [-0.3, -0.25) is 10.1 Å². The van der Waals surface area contributed by atoms with Gasteiger partial charge in [0.2, 0.25) is 11.7 Å². The van der Waals surface area contributed by atoms with Crippen LogP contribution in [-0.2, 0) is 4.74 Å². The van der Waals surface area contributed by atoms with Gasteiger partial charge in [-0.05, 0) is 18.1 Å². The van der Waals surface area contributed by atoms with Gasteiger partial charge in [-0.25, -0.2) is 0 Å². The van der Waals surface area contributed by atoms with Crippen molar-refractivity contribution in [3.05, 3.63) is 52.9 Å². The molecule has 0 aliphatic heterocycles. The van der Waals surface area contributed by atoms with Gasteiger partial charge in [0.25, 0.3) is 5.69 Å². The van der Waals surface area contributed by atoms with Crippen LogP contribution < -0.4 is 5.32 Å². The Kier molecular flexibility index (Phi) is 7.59. The van der Waals surface area contributed by atoms with Gasteiger partial charge in [0, 0.05) is 24.2 Å². The summed E-state index contributed by atoms with van der Waals surface area (Å²) in [7, 11) is 0. The summed E-state index contributed by atoms with van der Waals surface area (Å²) in [6.45, 7) is 8.42. The maximum absolute atomic E-state index is 10.7. The number of aliphatic hydroxyl groups excluding tert-OH is 1. The van der Waals surface area contributed by atoms with E-state index in [1.807, 2.05) is 13.8 Å². The third kappa shape index (κ3) is 5.95. The summed E-state index contributed by atoms with van der Waals surface area (Å²) < 4.78 is 10.6. The van der Waals surface area contributed by atoms with Crippen LogP contribution in [-0.4, -0.2) is 46.0 Å². The van der Waals surface area contributed by atoms with Gasteiger partial charge in [0.05, 0.1) is 30.3 Å². The molecule has 1 aromatic heterocycles. The third-order valence-electron chi connectivity index (χ3n) is 3.83. The normalized spacial score (nSPS) is 13.5. The van der Waals surface area contributed by atoms with Crippen molar-refractivity contribution < 1.29 is 19.3 Å². The molecule has 146 valence electrons. The molecule has 0 aliphatic carbocycles. The Bertz CT molecular complexity index is 744. The monoisotopic (exact) mass is 376 g/mol. The van der Waals surface area contributed by atoms with Crippen LogP contribution in [0.15, 0.2) is 41.4 Å². The molecule has 0 bridgehead atoms. The van der Waals surface area contributed by atoms with E-state index in [0.717, 1.165) is 0 Å². The highest BCUT2D eigenvalue weighted by Crippen LogP contribution is 2.24. The average Bonchev–Trinajstić information content (AvgIpc) is 3.11. The molecule has 0 amide bonds. The lowest BCUT2D eigenvalue weighted by Crippen LogP contribution is -2.35. The van der Waals surface area contributed by atoms with E-state index in [0.29, 0.717) is 30.4 Å². The summed E-state index contributed by atoms with van der Waals surface area (Å²) in [5.74, 6) is 0.872. The van der Waals surface area contributed by atoms with Crippen molar-refractivity contribution in [2.45, 2.75) is 26.0 Å². The van der Waals surface area contributed by atoms with E-state index >= 15 is 0 Å². The fourth-order valence-corrected chi connectivity index (χ4v) is 2.43. The third-order valence-corrected chi connectivity index (χ3v) is 3.83. The van der Waals surface area contributed by atoms with Crippen LogP contribution in [0.4, 0.5) is 5.69 Å². The Morgan fingerprint density at radius 1 is 1.41 bits per heavy atom. The van der Waals surface area contributed by atoms with Gasteiger partial charge in [-0.15, -0.1) is 6.58 Å². The first-order valence-corrected chi connectivity index (χ1v) is 8.61. The SMILES string of the molecule is C=CCOCC(O)CNC(c1nc(-c2ccc([N+](=O)[O-])cc2)no1)C(C)C. The number of hydrogen-bond donors (Lipinski definition) is 2. The fraction of sp³-hybridized carbons (Fsp3) is 0.444. The molecule has 2 rings (SSSR count). The Morgan fingerprint density at radius 3 is 2.70 bits per heavy atom. The van der Waals surface area contributed by atoms with Crippen LogP contribution in [0.25, 0.3) is 11.4 Å². The first kappa shape index (κ1) is 20.7. The Morgan fingerprint density at radius 2 is 2.11 bits per heavy atom. The molecule has 0 saturated heterocycles. The van der Waals surface area contributed by atoms with Gasteiger partial charge in [0.15, 0.2) is 0 Å². The van der Waals surface area contributed by atoms with Gasteiger partial charge in [-0.1, -0.05) is 25.1 Å². The van der Waals surface area contributed by atoms with Crippen molar-refractivity contribution in [1.82, 2.24) is 15.5 Å². The van der Waals surface area contributed by atoms with Crippen LogP contribution in [0.3, 0.4) is 0 Å². The van der Waals surface area contributed by atoms with Crippen LogP contribution >= 0.6 is 0 Å². The van der Waals surface area contributed by atoms with Crippen molar-refractivity contribution >= 4 is 5.69 Å². The second kappa shape index (κ2) is 9.91. The zero-order valence-corrected chi connectivity index (χ0v) is 15.4. The van der Waals surface area contributed by atoms with Crippen molar-refractivity contribution in [2.24, 2.45) is 5.92 Å². The number of nitro benzene ring substituents is 1. The molecule has 2 aromatic rings. The van der Waals surface area contributed by atoms with Gasteiger partial charge in [0.1, 0.15) is 0 Å². The summed E-state index contributed by atoms with van der Waals surface area (Å²) in [5, 5.41) is 27.9. The molecule has 27 heavy (non-hydrogen) atoms. The predicted octanol–water partition coefficient (Wildman–Crippen LogP) is 2.50. The fourth-order valence-electron chi connectivity index (χ4n) is 2.43.